The van der Waals surface area contributed by atoms with Crippen molar-refractivity contribution in [2.75, 3.05) is 0 Å². The summed E-state index contributed by atoms with van der Waals surface area (Å²) >= 11 is 1.65. The fourth-order valence-electron chi connectivity index (χ4n) is 1.27. The third-order valence-corrected chi connectivity index (χ3v) is 3.14. The Morgan fingerprint density at radius 2 is 2.12 bits per heavy atom. The van der Waals surface area contributed by atoms with Crippen LogP contribution >= 0.6 is 11.8 Å². The molecular formula is C12H11N3OS. The lowest BCUT2D eigenvalue weighted by atomic mass is 10.2. The number of aryl methyl sites for hydroxylation is 1. The highest BCUT2D eigenvalue weighted by Crippen LogP contribution is 2.21. The van der Waals surface area contributed by atoms with Crippen LogP contribution in [0.5, 0.6) is 0 Å². The van der Waals surface area contributed by atoms with E-state index in [1.807, 2.05) is 6.07 Å². The average Bonchev–Trinajstić information content (AvgIpc) is 2.77. The summed E-state index contributed by atoms with van der Waals surface area (Å²) in [6, 6.07) is 10.2. The number of rotatable bonds is 4. The van der Waals surface area contributed by atoms with Crippen LogP contribution < -0.4 is 0 Å². The number of nitrogens with zero attached hydrogens (tertiary/aromatic N) is 3. The maximum Gasteiger partial charge on any atom is 0.240 e. The molecule has 1 aromatic carbocycles. The van der Waals surface area contributed by atoms with Crippen LogP contribution in [0, 0.1) is 18.3 Å². The Bertz CT molecular complexity index is 527. The summed E-state index contributed by atoms with van der Waals surface area (Å²) in [5.74, 6) is 1.66. The van der Waals surface area contributed by atoms with E-state index in [1.54, 1.807) is 11.8 Å². The number of benzene rings is 1. The maximum absolute atomic E-state index is 8.48. The standard InChI is InChI=1S/C12H11N3OS/c1-9-2-4-10(5-3-9)17-8-11-14-12(6-7-13)16-15-11/h2-5H,6,8H2,1H3. The van der Waals surface area contributed by atoms with Gasteiger partial charge >= 0.3 is 0 Å². The summed E-state index contributed by atoms with van der Waals surface area (Å²) in [5.41, 5.74) is 1.24. The molecule has 2 rings (SSSR count). The van der Waals surface area contributed by atoms with Crippen molar-refractivity contribution in [2.45, 2.75) is 24.0 Å². The Morgan fingerprint density at radius 1 is 1.35 bits per heavy atom. The van der Waals surface area contributed by atoms with E-state index in [4.69, 9.17) is 9.78 Å². The summed E-state index contributed by atoms with van der Waals surface area (Å²) in [5, 5.41) is 12.3. The lowest BCUT2D eigenvalue weighted by Gasteiger charge is -1.98. The smallest absolute Gasteiger partial charge is 0.240 e. The van der Waals surface area contributed by atoms with Gasteiger partial charge in [0.1, 0.15) is 6.42 Å². The van der Waals surface area contributed by atoms with Gasteiger partial charge in [-0.05, 0) is 19.1 Å². The van der Waals surface area contributed by atoms with Gasteiger partial charge < -0.3 is 4.52 Å². The Balaban J connectivity index is 1.93. The van der Waals surface area contributed by atoms with Crippen molar-refractivity contribution in [3.63, 3.8) is 0 Å². The van der Waals surface area contributed by atoms with Crippen molar-refractivity contribution in [3.8, 4) is 6.07 Å². The molecule has 86 valence electrons. The molecule has 1 aromatic heterocycles. The quantitative estimate of drug-likeness (QED) is 0.775. The van der Waals surface area contributed by atoms with Crippen molar-refractivity contribution in [1.82, 2.24) is 10.1 Å². The van der Waals surface area contributed by atoms with Gasteiger partial charge in [-0.25, -0.2) is 0 Å². The van der Waals surface area contributed by atoms with Gasteiger partial charge in [-0.1, -0.05) is 22.9 Å². The first-order valence-electron chi connectivity index (χ1n) is 5.16. The summed E-state index contributed by atoms with van der Waals surface area (Å²) in [4.78, 5) is 5.28. The zero-order chi connectivity index (χ0) is 12.1. The molecule has 0 fully saturated rings. The van der Waals surface area contributed by atoms with Gasteiger partial charge in [0, 0.05) is 4.90 Å². The molecule has 0 aliphatic rings. The topological polar surface area (TPSA) is 62.7 Å². The van der Waals surface area contributed by atoms with Crippen molar-refractivity contribution < 1.29 is 4.52 Å². The van der Waals surface area contributed by atoms with Gasteiger partial charge in [-0.2, -0.15) is 10.2 Å². The summed E-state index contributed by atoms with van der Waals surface area (Å²) in [6.07, 6.45) is 0.169. The lowest BCUT2D eigenvalue weighted by Crippen LogP contribution is -1.85. The van der Waals surface area contributed by atoms with Crippen LogP contribution in [-0.2, 0) is 12.2 Å². The van der Waals surface area contributed by atoms with Crippen LogP contribution in [0.25, 0.3) is 0 Å². The number of aromatic nitrogens is 2. The second kappa shape index (κ2) is 5.51. The van der Waals surface area contributed by atoms with Crippen molar-refractivity contribution in [3.05, 3.63) is 41.5 Å². The molecule has 0 unspecified atom stereocenters. The highest BCUT2D eigenvalue weighted by Gasteiger charge is 2.05. The molecule has 0 radical (unpaired) electrons. The third-order valence-electron chi connectivity index (χ3n) is 2.13. The summed E-state index contributed by atoms with van der Waals surface area (Å²) in [6.45, 7) is 2.06. The Labute approximate surface area is 104 Å². The van der Waals surface area contributed by atoms with Crippen LogP contribution in [0.2, 0.25) is 0 Å². The second-order valence-electron chi connectivity index (χ2n) is 3.54. The minimum Gasteiger partial charge on any atom is -0.338 e. The fraction of sp³-hybridized carbons (Fsp3) is 0.250. The zero-order valence-electron chi connectivity index (χ0n) is 9.38. The number of nitriles is 1. The molecule has 4 nitrogen and oxygen atoms in total. The van der Waals surface area contributed by atoms with E-state index in [-0.39, 0.29) is 6.42 Å². The Hall–Kier alpha value is -1.80. The average molecular weight is 245 g/mol. The monoisotopic (exact) mass is 245 g/mol. The van der Waals surface area contributed by atoms with Crippen LogP contribution in [0.1, 0.15) is 17.3 Å². The van der Waals surface area contributed by atoms with Crippen molar-refractivity contribution >= 4 is 11.8 Å². The van der Waals surface area contributed by atoms with E-state index in [9.17, 15) is 0 Å². The maximum atomic E-state index is 8.48. The molecule has 0 saturated carbocycles. The molecule has 0 saturated heterocycles. The molecule has 0 bridgehead atoms. The highest BCUT2D eigenvalue weighted by molar-refractivity contribution is 7.98. The van der Waals surface area contributed by atoms with Gasteiger partial charge in [0.2, 0.25) is 5.89 Å². The number of hydrogen-bond donors (Lipinski definition) is 0. The van der Waals surface area contributed by atoms with Gasteiger partial charge in [-0.3, -0.25) is 0 Å². The predicted octanol–water partition coefficient (Wildman–Crippen LogP) is 2.74. The molecule has 1 heterocycles. The molecule has 5 heteroatoms. The minimum atomic E-state index is 0.169. The van der Waals surface area contributed by atoms with Gasteiger partial charge in [-0.15, -0.1) is 11.8 Å². The molecule has 0 spiro atoms. The molecule has 0 aliphatic carbocycles. The first-order valence-corrected chi connectivity index (χ1v) is 6.14. The molecule has 2 aromatic rings. The largest absolute Gasteiger partial charge is 0.338 e. The van der Waals surface area contributed by atoms with E-state index < -0.39 is 0 Å². The lowest BCUT2D eigenvalue weighted by molar-refractivity contribution is 0.383. The van der Waals surface area contributed by atoms with E-state index in [0.717, 1.165) is 0 Å². The van der Waals surface area contributed by atoms with E-state index in [0.29, 0.717) is 17.5 Å². The predicted molar refractivity (Wildman–Crippen MR) is 64.4 cm³/mol. The molecule has 0 N–H and O–H groups in total. The fourth-order valence-corrected chi connectivity index (χ4v) is 2.01. The van der Waals surface area contributed by atoms with Gasteiger partial charge in [0.25, 0.3) is 0 Å². The van der Waals surface area contributed by atoms with Gasteiger partial charge in [0.05, 0.1) is 11.8 Å². The first kappa shape index (κ1) is 11.7. The van der Waals surface area contributed by atoms with Crippen LogP contribution in [0.3, 0.4) is 0 Å². The second-order valence-corrected chi connectivity index (χ2v) is 4.59. The van der Waals surface area contributed by atoms with Gasteiger partial charge in [0.15, 0.2) is 5.82 Å². The zero-order valence-corrected chi connectivity index (χ0v) is 10.2. The summed E-state index contributed by atoms with van der Waals surface area (Å²) < 4.78 is 4.92. The first-order chi connectivity index (χ1) is 8.28. The van der Waals surface area contributed by atoms with Crippen LogP contribution in [0.15, 0.2) is 33.7 Å². The molecule has 0 aliphatic heterocycles. The van der Waals surface area contributed by atoms with Crippen LogP contribution in [0.4, 0.5) is 0 Å². The number of hydrogen-bond acceptors (Lipinski definition) is 5. The van der Waals surface area contributed by atoms with Crippen LogP contribution in [-0.4, -0.2) is 10.1 Å². The molecule has 17 heavy (non-hydrogen) atoms. The molecule has 0 amide bonds. The minimum absolute atomic E-state index is 0.169. The number of thioether (sulfide) groups is 1. The summed E-state index contributed by atoms with van der Waals surface area (Å²) in [7, 11) is 0. The molecule has 0 atom stereocenters. The van der Waals surface area contributed by atoms with Crippen molar-refractivity contribution in [1.29, 1.82) is 5.26 Å². The third kappa shape index (κ3) is 3.33. The van der Waals surface area contributed by atoms with E-state index in [2.05, 4.69) is 41.3 Å². The van der Waals surface area contributed by atoms with Crippen molar-refractivity contribution in [2.24, 2.45) is 0 Å². The SMILES string of the molecule is Cc1ccc(SCc2noc(CC#N)n2)cc1. The Kier molecular flexibility index (Phi) is 3.78. The molecular weight excluding hydrogens is 234 g/mol. The van der Waals surface area contributed by atoms with E-state index in [1.165, 1.54) is 10.5 Å². The normalized spacial score (nSPS) is 10.1. The van der Waals surface area contributed by atoms with E-state index >= 15 is 0 Å². The Morgan fingerprint density at radius 3 is 2.82 bits per heavy atom. The highest BCUT2D eigenvalue weighted by atomic mass is 32.2.